The number of hydrogen-bond acceptors (Lipinski definition) is 3. The van der Waals surface area contributed by atoms with Gasteiger partial charge in [-0.05, 0) is 39.2 Å². The fourth-order valence-electron chi connectivity index (χ4n) is 2.72. The van der Waals surface area contributed by atoms with Crippen LogP contribution in [0.4, 0.5) is 0 Å². The van der Waals surface area contributed by atoms with Crippen LogP contribution in [0.5, 0.6) is 0 Å². The molecule has 0 aromatic carbocycles. The van der Waals surface area contributed by atoms with Crippen LogP contribution < -0.4 is 0 Å². The lowest BCUT2D eigenvalue weighted by molar-refractivity contribution is -0.133. The van der Waals surface area contributed by atoms with E-state index < -0.39 is 0 Å². The van der Waals surface area contributed by atoms with Gasteiger partial charge >= 0.3 is 0 Å². The van der Waals surface area contributed by atoms with Gasteiger partial charge in [-0.1, -0.05) is 13.8 Å². The zero-order valence-electron chi connectivity index (χ0n) is 12.9. The Balaban J connectivity index is 2.40. The summed E-state index contributed by atoms with van der Waals surface area (Å²) in [4.78, 5) is 16.6. The molecule has 1 amide bonds. The van der Waals surface area contributed by atoms with Crippen molar-refractivity contribution in [2.24, 2.45) is 0 Å². The van der Waals surface area contributed by atoms with Crippen LogP contribution in [0.15, 0.2) is 0 Å². The van der Waals surface area contributed by atoms with Crippen LogP contribution in [-0.2, 0) is 9.53 Å². The molecule has 0 N–H and O–H groups in total. The summed E-state index contributed by atoms with van der Waals surface area (Å²) in [5.74, 6) is 0.279. The molecule has 0 aromatic heterocycles. The fourth-order valence-corrected chi connectivity index (χ4v) is 2.72. The number of carbonyl (C=O) groups is 1. The van der Waals surface area contributed by atoms with Crippen molar-refractivity contribution < 1.29 is 9.53 Å². The highest BCUT2D eigenvalue weighted by molar-refractivity contribution is 5.78. The summed E-state index contributed by atoms with van der Waals surface area (Å²) in [7, 11) is 0. The van der Waals surface area contributed by atoms with Gasteiger partial charge in [-0.3, -0.25) is 9.69 Å². The molecule has 4 heteroatoms. The third kappa shape index (κ3) is 5.91. The van der Waals surface area contributed by atoms with Gasteiger partial charge in [0.25, 0.3) is 0 Å². The Bertz CT molecular complexity index is 251. The highest BCUT2D eigenvalue weighted by Crippen LogP contribution is 2.13. The lowest BCUT2D eigenvalue weighted by Gasteiger charge is -2.33. The molecule has 1 rings (SSSR count). The molecule has 1 aliphatic rings. The first-order valence-corrected chi connectivity index (χ1v) is 7.82. The van der Waals surface area contributed by atoms with E-state index in [4.69, 9.17) is 4.74 Å². The van der Waals surface area contributed by atoms with Crippen LogP contribution in [0.25, 0.3) is 0 Å². The Hall–Kier alpha value is -0.610. The first-order valence-electron chi connectivity index (χ1n) is 7.82. The van der Waals surface area contributed by atoms with E-state index in [2.05, 4.69) is 18.7 Å². The number of hydrogen-bond donors (Lipinski definition) is 0. The van der Waals surface area contributed by atoms with Crippen molar-refractivity contribution in [2.45, 2.75) is 52.6 Å². The van der Waals surface area contributed by atoms with Gasteiger partial charge in [-0.15, -0.1) is 0 Å². The fraction of sp³-hybridized carbons (Fsp3) is 0.933. The molecule has 1 aliphatic heterocycles. The van der Waals surface area contributed by atoms with Gasteiger partial charge in [0.2, 0.25) is 5.91 Å². The Morgan fingerprint density at radius 3 is 2.53 bits per heavy atom. The Kier molecular flexibility index (Phi) is 8.07. The lowest BCUT2D eigenvalue weighted by Crippen LogP contribution is -2.46. The van der Waals surface area contributed by atoms with Crippen molar-refractivity contribution in [1.82, 2.24) is 9.80 Å². The van der Waals surface area contributed by atoms with E-state index in [1.807, 2.05) is 11.8 Å². The molecular formula is C15H30N2O2. The molecule has 1 fully saturated rings. The van der Waals surface area contributed by atoms with Crippen LogP contribution in [-0.4, -0.2) is 61.1 Å². The van der Waals surface area contributed by atoms with Crippen molar-refractivity contribution in [3.8, 4) is 0 Å². The predicted molar refractivity (Wildman–Crippen MR) is 78.3 cm³/mol. The van der Waals surface area contributed by atoms with Gasteiger partial charge in [0.1, 0.15) is 0 Å². The third-order valence-corrected chi connectivity index (χ3v) is 3.56. The van der Waals surface area contributed by atoms with Gasteiger partial charge in [0.15, 0.2) is 0 Å². The predicted octanol–water partition coefficient (Wildman–Crippen LogP) is 2.14. The second-order valence-electron chi connectivity index (χ2n) is 5.34. The van der Waals surface area contributed by atoms with E-state index in [-0.39, 0.29) is 5.91 Å². The summed E-state index contributed by atoms with van der Waals surface area (Å²) in [6, 6.07) is 0. The molecule has 19 heavy (non-hydrogen) atoms. The van der Waals surface area contributed by atoms with E-state index in [1.54, 1.807) is 0 Å². The molecule has 0 saturated carbocycles. The minimum atomic E-state index is 0.279. The smallest absolute Gasteiger partial charge is 0.236 e. The average molecular weight is 270 g/mol. The molecule has 0 aromatic rings. The Labute approximate surface area is 118 Å². The van der Waals surface area contributed by atoms with Gasteiger partial charge in [-0.2, -0.15) is 0 Å². The maximum Gasteiger partial charge on any atom is 0.236 e. The second-order valence-corrected chi connectivity index (χ2v) is 5.34. The summed E-state index contributed by atoms with van der Waals surface area (Å²) in [6.45, 7) is 11.3. The van der Waals surface area contributed by atoms with Crippen molar-refractivity contribution in [3.63, 3.8) is 0 Å². The maximum absolute atomic E-state index is 12.3. The van der Waals surface area contributed by atoms with Crippen LogP contribution in [0.2, 0.25) is 0 Å². The van der Waals surface area contributed by atoms with E-state index in [0.717, 1.165) is 58.5 Å². The zero-order chi connectivity index (χ0) is 14.1. The largest absolute Gasteiger partial charge is 0.377 e. The summed E-state index contributed by atoms with van der Waals surface area (Å²) in [5, 5.41) is 0. The number of carbonyl (C=O) groups excluding carboxylic acids is 1. The molecule has 1 heterocycles. The average Bonchev–Trinajstić information content (AvgIpc) is 2.39. The van der Waals surface area contributed by atoms with Gasteiger partial charge in [0, 0.05) is 26.2 Å². The molecule has 1 saturated heterocycles. The van der Waals surface area contributed by atoms with Crippen LogP contribution in [0.1, 0.15) is 46.5 Å². The van der Waals surface area contributed by atoms with E-state index in [0.29, 0.717) is 12.6 Å². The van der Waals surface area contributed by atoms with Crippen LogP contribution in [0, 0.1) is 0 Å². The maximum atomic E-state index is 12.3. The van der Waals surface area contributed by atoms with Crippen molar-refractivity contribution >= 4 is 5.91 Å². The first-order chi connectivity index (χ1) is 9.21. The molecule has 1 unspecified atom stereocenters. The molecule has 112 valence electrons. The normalized spacial score (nSPS) is 20.5. The van der Waals surface area contributed by atoms with Crippen LogP contribution in [0.3, 0.4) is 0 Å². The topological polar surface area (TPSA) is 32.8 Å². The third-order valence-electron chi connectivity index (χ3n) is 3.56. The van der Waals surface area contributed by atoms with E-state index in [1.165, 1.54) is 0 Å². The minimum Gasteiger partial charge on any atom is -0.377 e. The van der Waals surface area contributed by atoms with Crippen LogP contribution >= 0.6 is 0 Å². The molecule has 0 aliphatic carbocycles. The highest BCUT2D eigenvalue weighted by Gasteiger charge is 2.23. The summed E-state index contributed by atoms with van der Waals surface area (Å²) in [5.41, 5.74) is 0. The Morgan fingerprint density at radius 1 is 1.26 bits per heavy atom. The molecule has 0 radical (unpaired) electrons. The van der Waals surface area contributed by atoms with E-state index in [9.17, 15) is 4.79 Å². The monoisotopic (exact) mass is 270 g/mol. The number of ether oxygens (including phenoxy) is 1. The quantitative estimate of drug-likeness (QED) is 0.677. The van der Waals surface area contributed by atoms with Crippen molar-refractivity contribution in [3.05, 3.63) is 0 Å². The van der Waals surface area contributed by atoms with Gasteiger partial charge in [0.05, 0.1) is 12.6 Å². The minimum absolute atomic E-state index is 0.279. The summed E-state index contributed by atoms with van der Waals surface area (Å²) in [6.07, 6.45) is 4.66. The van der Waals surface area contributed by atoms with Gasteiger partial charge in [-0.25, -0.2) is 0 Å². The standard InChI is InChI=1S/C15H30N2O2/c1-4-9-17(10-5-2)15(18)13-16-11-7-8-14(12-16)19-6-3/h14H,4-13H2,1-3H3. The summed E-state index contributed by atoms with van der Waals surface area (Å²) < 4.78 is 5.68. The van der Waals surface area contributed by atoms with Crippen molar-refractivity contribution in [1.29, 1.82) is 0 Å². The lowest BCUT2D eigenvalue weighted by atomic mass is 10.1. The molecule has 0 bridgehead atoms. The number of amides is 1. The molecular weight excluding hydrogens is 240 g/mol. The molecule has 0 spiro atoms. The van der Waals surface area contributed by atoms with Crippen molar-refractivity contribution in [2.75, 3.05) is 39.3 Å². The molecule has 1 atom stereocenters. The first kappa shape index (κ1) is 16.4. The number of piperidine rings is 1. The summed E-state index contributed by atoms with van der Waals surface area (Å²) >= 11 is 0. The number of likely N-dealkylation sites (tertiary alicyclic amines) is 1. The van der Waals surface area contributed by atoms with Gasteiger partial charge < -0.3 is 9.64 Å². The SMILES string of the molecule is CCCN(CCC)C(=O)CN1CCCC(OCC)C1. The number of nitrogens with zero attached hydrogens (tertiary/aromatic N) is 2. The second kappa shape index (κ2) is 9.32. The van der Waals surface area contributed by atoms with E-state index >= 15 is 0 Å². The number of rotatable bonds is 8. The highest BCUT2D eigenvalue weighted by atomic mass is 16.5. The zero-order valence-corrected chi connectivity index (χ0v) is 12.9. The molecule has 4 nitrogen and oxygen atoms in total. The Morgan fingerprint density at radius 2 is 1.95 bits per heavy atom.